The van der Waals surface area contributed by atoms with Gasteiger partial charge in [0.15, 0.2) is 6.61 Å². The summed E-state index contributed by atoms with van der Waals surface area (Å²) >= 11 is 0. The molecule has 0 saturated heterocycles. The first kappa shape index (κ1) is 33.8. The Balaban J connectivity index is 1.76. The Morgan fingerprint density at radius 1 is 0.674 bits per heavy atom. The van der Waals surface area contributed by atoms with Crippen molar-refractivity contribution in [2.75, 3.05) is 27.4 Å². The third kappa shape index (κ3) is 9.15. The van der Waals surface area contributed by atoms with Crippen LogP contribution in [0.25, 0.3) is 22.1 Å². The van der Waals surface area contributed by atoms with E-state index in [0.717, 1.165) is 43.5 Å². The van der Waals surface area contributed by atoms with Gasteiger partial charge in [0.05, 0.1) is 18.2 Å². The molecule has 0 aliphatic rings. The predicted octanol–water partition coefficient (Wildman–Crippen LogP) is 6.85. The third-order valence-electron chi connectivity index (χ3n) is 5.02. The van der Waals surface area contributed by atoms with Gasteiger partial charge in [-0.1, -0.05) is 0 Å². The van der Waals surface area contributed by atoms with Crippen LogP contribution in [0.2, 0.25) is 0 Å². The van der Waals surface area contributed by atoms with Crippen molar-refractivity contribution >= 4 is 11.0 Å². The Morgan fingerprint density at radius 2 is 1.26 bits per heavy atom. The van der Waals surface area contributed by atoms with E-state index in [4.69, 9.17) is 9.15 Å². The first-order valence-electron chi connectivity index (χ1n) is 11.2. The number of halogens is 11. The summed E-state index contributed by atoms with van der Waals surface area (Å²) in [6.07, 6.45) is -26.6. The van der Waals surface area contributed by atoms with E-state index in [1.54, 1.807) is 0 Å². The van der Waals surface area contributed by atoms with Crippen molar-refractivity contribution in [3.63, 3.8) is 0 Å². The number of hydrogen-bond acceptors (Lipinski definition) is 8. The largest absolute Gasteiger partial charge is 0.497 e. The molecule has 0 unspecified atom stereocenters. The maximum absolute atomic E-state index is 13.9. The number of rotatable bonds is 13. The van der Waals surface area contributed by atoms with Gasteiger partial charge in [-0.3, -0.25) is 0 Å². The second kappa shape index (κ2) is 12.1. The zero-order valence-corrected chi connectivity index (χ0v) is 21.4. The lowest BCUT2D eigenvalue weighted by atomic mass is 9.99. The molecule has 0 saturated carbocycles. The highest BCUT2D eigenvalue weighted by Gasteiger charge is 2.56. The maximum Gasteiger partial charge on any atom is 0.496 e. The average Bonchev–Trinajstić information content (AvgIpc) is 2.84. The summed E-state index contributed by atoms with van der Waals surface area (Å²) in [6.45, 7) is -3.93. The Hall–Kier alpha value is -3.68. The lowest BCUT2D eigenvalue weighted by Gasteiger charge is -2.27. The molecule has 1 heterocycles. The number of ether oxygens (including phenoxy) is 6. The monoisotopic (exact) mass is 642 g/mol. The van der Waals surface area contributed by atoms with Gasteiger partial charge < -0.3 is 18.6 Å². The van der Waals surface area contributed by atoms with E-state index in [9.17, 15) is 53.1 Å². The summed E-state index contributed by atoms with van der Waals surface area (Å²) in [4.78, 5) is 12.5. The van der Waals surface area contributed by atoms with Gasteiger partial charge in [0.25, 0.3) is 0 Å². The van der Waals surface area contributed by atoms with Gasteiger partial charge in [-0.15, -0.1) is 17.6 Å². The van der Waals surface area contributed by atoms with Gasteiger partial charge in [-0.2, -0.15) is 30.7 Å². The average molecular weight is 642 g/mol. The van der Waals surface area contributed by atoms with Crippen LogP contribution in [0.4, 0.5) is 48.3 Å². The van der Waals surface area contributed by atoms with Crippen molar-refractivity contribution in [1.82, 2.24) is 0 Å². The van der Waals surface area contributed by atoms with Gasteiger partial charge in [0.2, 0.25) is 0 Å². The van der Waals surface area contributed by atoms with Gasteiger partial charge in [-0.05, 0) is 36.4 Å². The molecular weight excluding hydrogens is 625 g/mol. The highest BCUT2D eigenvalue weighted by Crippen LogP contribution is 2.40. The zero-order valence-electron chi connectivity index (χ0n) is 21.4. The molecule has 0 radical (unpaired) electrons. The number of alkyl halides is 11. The van der Waals surface area contributed by atoms with E-state index in [1.165, 1.54) is 0 Å². The molecule has 0 fully saturated rings. The molecule has 3 aromatic rings. The summed E-state index contributed by atoms with van der Waals surface area (Å²) in [5, 5.41) is -0.0265. The Morgan fingerprint density at radius 3 is 1.81 bits per heavy atom. The molecule has 3 rings (SSSR count). The molecule has 0 atom stereocenters. The summed E-state index contributed by atoms with van der Waals surface area (Å²) < 4.78 is 175. The molecule has 0 aliphatic carbocycles. The number of methoxy groups -OCH3 is 2. The second-order valence-corrected chi connectivity index (χ2v) is 8.29. The van der Waals surface area contributed by atoms with Crippen molar-refractivity contribution in [3.05, 3.63) is 58.4 Å². The van der Waals surface area contributed by atoms with Crippen LogP contribution in [-0.4, -0.2) is 52.2 Å². The molecule has 19 heteroatoms. The van der Waals surface area contributed by atoms with E-state index in [1.807, 2.05) is 0 Å². The lowest BCUT2D eigenvalue weighted by Crippen LogP contribution is -2.46. The zero-order chi connectivity index (χ0) is 32.4. The van der Waals surface area contributed by atoms with Gasteiger partial charge >= 0.3 is 36.6 Å². The number of hydrogen-bond donors (Lipinski definition) is 0. The van der Waals surface area contributed by atoms with Crippen molar-refractivity contribution in [2.45, 2.75) is 31.0 Å². The number of fused-ring (bicyclic) bond motifs is 1. The van der Waals surface area contributed by atoms with Gasteiger partial charge in [0, 0.05) is 24.1 Å². The van der Waals surface area contributed by atoms with Crippen molar-refractivity contribution in [2.24, 2.45) is 0 Å². The quantitative estimate of drug-likeness (QED) is 0.114. The van der Waals surface area contributed by atoms with Crippen LogP contribution in [0.1, 0.15) is 5.56 Å². The minimum absolute atomic E-state index is 0.0265. The normalized spacial score (nSPS) is 13.4. The third-order valence-corrected chi connectivity index (χ3v) is 5.02. The molecule has 0 spiro atoms. The molecule has 0 amide bonds. The second-order valence-electron chi connectivity index (χ2n) is 8.29. The molecule has 2 aromatic carbocycles. The maximum atomic E-state index is 13.9. The fraction of sp³-hybridized carbons (Fsp3) is 0.375. The van der Waals surface area contributed by atoms with Crippen LogP contribution in [0.3, 0.4) is 0 Å². The van der Waals surface area contributed by atoms with E-state index in [0.29, 0.717) is 13.2 Å². The van der Waals surface area contributed by atoms with E-state index in [2.05, 4.69) is 23.7 Å². The number of benzene rings is 2. The fourth-order valence-electron chi connectivity index (χ4n) is 3.41. The van der Waals surface area contributed by atoms with Crippen molar-refractivity contribution in [1.29, 1.82) is 0 Å². The molecular formula is C24H17F11O8. The van der Waals surface area contributed by atoms with Gasteiger partial charge in [0.1, 0.15) is 23.7 Å². The summed E-state index contributed by atoms with van der Waals surface area (Å²) in [6, 6.07) is 6.51. The van der Waals surface area contributed by atoms with E-state index >= 15 is 0 Å². The molecule has 1 aromatic heterocycles. The first-order chi connectivity index (χ1) is 19.7. The Kier molecular flexibility index (Phi) is 9.54. The predicted molar refractivity (Wildman–Crippen MR) is 120 cm³/mol. The van der Waals surface area contributed by atoms with Crippen LogP contribution in [0.5, 0.6) is 11.5 Å². The summed E-state index contributed by atoms with van der Waals surface area (Å²) in [5.41, 5.74) is -4.01. The lowest BCUT2D eigenvalue weighted by molar-refractivity contribution is -0.574. The van der Waals surface area contributed by atoms with Crippen LogP contribution < -0.4 is 15.1 Å². The summed E-state index contributed by atoms with van der Waals surface area (Å²) in [7, 11) is 1.76. The highest BCUT2D eigenvalue weighted by molar-refractivity contribution is 5.83. The fourth-order valence-corrected chi connectivity index (χ4v) is 3.41. The van der Waals surface area contributed by atoms with Crippen LogP contribution in [-0.2, 0) is 25.1 Å². The first-order valence-corrected chi connectivity index (χ1v) is 11.2. The van der Waals surface area contributed by atoms with Crippen molar-refractivity contribution in [3.8, 4) is 22.6 Å². The Bertz CT molecular complexity index is 1490. The highest BCUT2D eigenvalue weighted by atomic mass is 19.4. The standard InChI is InChI=1S/C24H17F11O8/c1-37-10-20(25,26)41-23(32,33)43-24(34,35)42-21(27,28)11-39-14-4-3-12-7-16(19(36)40-18(12)9-14)15-6-5-13(38-2)8-17(15)22(29,30)31/h3-9H,10-11H2,1-2H3. The smallest absolute Gasteiger partial charge is 0.496 e. The van der Waals surface area contributed by atoms with Crippen LogP contribution >= 0.6 is 0 Å². The summed E-state index contributed by atoms with van der Waals surface area (Å²) in [5.74, 6) is -0.747. The van der Waals surface area contributed by atoms with E-state index < -0.39 is 77.8 Å². The molecule has 0 aliphatic heterocycles. The SMILES string of the molecule is COCC(F)(F)OC(F)(F)OC(F)(F)OC(F)(F)COc1ccc2cc(-c3ccc(OC)cc3C(F)(F)F)c(=O)oc2c1. The van der Waals surface area contributed by atoms with E-state index in [-0.39, 0.29) is 11.1 Å². The van der Waals surface area contributed by atoms with Crippen LogP contribution in [0, 0.1) is 0 Å². The minimum Gasteiger partial charge on any atom is -0.497 e. The van der Waals surface area contributed by atoms with Crippen molar-refractivity contribution < 1.29 is 81.1 Å². The molecule has 0 N–H and O–H groups in total. The van der Waals surface area contributed by atoms with Gasteiger partial charge in [-0.25, -0.2) is 19.0 Å². The molecule has 0 bridgehead atoms. The molecule has 43 heavy (non-hydrogen) atoms. The minimum atomic E-state index is -5.90. The molecule has 238 valence electrons. The molecule has 8 nitrogen and oxygen atoms in total. The Labute approximate surface area is 232 Å². The topological polar surface area (TPSA) is 85.6 Å². The van der Waals surface area contributed by atoms with Crippen LogP contribution in [0.15, 0.2) is 51.7 Å².